The van der Waals surface area contributed by atoms with E-state index in [1.54, 1.807) is 0 Å². The van der Waals surface area contributed by atoms with Crippen LogP contribution in [-0.4, -0.2) is 17.8 Å². The highest BCUT2D eigenvalue weighted by molar-refractivity contribution is 5.53. The van der Waals surface area contributed by atoms with E-state index < -0.39 is 0 Å². The number of nitrogens with zero attached hydrogens (tertiary/aromatic N) is 1. The zero-order valence-corrected chi connectivity index (χ0v) is 9.06. The first-order valence-electron chi connectivity index (χ1n) is 5.79. The van der Waals surface area contributed by atoms with Crippen LogP contribution in [0, 0.1) is 22.0 Å². The second-order valence-corrected chi connectivity index (χ2v) is 4.48. The summed E-state index contributed by atoms with van der Waals surface area (Å²) in [7, 11) is 0. The first kappa shape index (κ1) is 12.1. The average molecular weight is 213 g/mol. The fraction of sp³-hybridized carbons (Fsp3) is 0.909. The number of hydrogen-bond acceptors (Lipinski definition) is 3. The van der Waals surface area contributed by atoms with Crippen LogP contribution in [0.5, 0.6) is 0 Å². The summed E-state index contributed by atoms with van der Waals surface area (Å²) in [5, 5.41) is 10.2. The molecule has 1 aliphatic carbocycles. The van der Waals surface area contributed by atoms with Crippen LogP contribution in [0.4, 0.5) is 0 Å². The van der Waals surface area contributed by atoms with E-state index in [2.05, 4.69) is 0 Å². The standard InChI is InChI=1S/C11H19NO3/c13-9-11(6-7-12(14)15)8-10-4-2-1-3-5-10/h9-11H,1-8H2. The Labute approximate surface area is 90.2 Å². The summed E-state index contributed by atoms with van der Waals surface area (Å²) in [4.78, 5) is 20.6. The summed E-state index contributed by atoms with van der Waals surface area (Å²) in [5.74, 6) is 0.527. The van der Waals surface area contributed by atoms with Crippen LogP contribution in [0.15, 0.2) is 0 Å². The van der Waals surface area contributed by atoms with Crippen molar-refractivity contribution in [3.63, 3.8) is 0 Å². The maximum Gasteiger partial charge on any atom is 0.204 e. The molecule has 0 aromatic rings. The Kier molecular flexibility index (Phi) is 5.29. The largest absolute Gasteiger partial charge is 0.303 e. The lowest BCUT2D eigenvalue weighted by molar-refractivity contribution is -0.481. The number of carbonyl (C=O) groups is 1. The Morgan fingerprint density at radius 2 is 2.00 bits per heavy atom. The summed E-state index contributed by atoms with van der Waals surface area (Å²) in [6.45, 7) is -0.0733. The van der Waals surface area contributed by atoms with Crippen LogP contribution < -0.4 is 0 Å². The zero-order valence-electron chi connectivity index (χ0n) is 9.06. The Balaban J connectivity index is 2.25. The van der Waals surface area contributed by atoms with E-state index in [4.69, 9.17) is 0 Å². The van der Waals surface area contributed by atoms with E-state index in [0.717, 1.165) is 12.7 Å². The maximum absolute atomic E-state index is 10.8. The number of carbonyl (C=O) groups excluding carboxylic acids is 1. The van der Waals surface area contributed by atoms with Gasteiger partial charge in [-0.25, -0.2) is 0 Å². The molecule has 0 aliphatic heterocycles. The van der Waals surface area contributed by atoms with Gasteiger partial charge in [-0.1, -0.05) is 32.1 Å². The van der Waals surface area contributed by atoms with E-state index in [9.17, 15) is 14.9 Å². The van der Waals surface area contributed by atoms with Crippen molar-refractivity contribution < 1.29 is 9.72 Å². The fourth-order valence-corrected chi connectivity index (χ4v) is 2.36. The van der Waals surface area contributed by atoms with Crippen molar-refractivity contribution in [1.82, 2.24) is 0 Å². The van der Waals surface area contributed by atoms with Gasteiger partial charge in [0, 0.05) is 17.3 Å². The first-order valence-corrected chi connectivity index (χ1v) is 5.79. The predicted molar refractivity (Wildman–Crippen MR) is 57.2 cm³/mol. The number of rotatable bonds is 6. The lowest BCUT2D eigenvalue weighted by Gasteiger charge is -2.23. The molecule has 15 heavy (non-hydrogen) atoms. The van der Waals surface area contributed by atoms with E-state index in [-0.39, 0.29) is 17.4 Å². The quantitative estimate of drug-likeness (QED) is 0.387. The normalized spacial score (nSPS) is 19.7. The van der Waals surface area contributed by atoms with E-state index >= 15 is 0 Å². The van der Waals surface area contributed by atoms with Crippen molar-refractivity contribution >= 4 is 6.29 Å². The molecular formula is C11H19NO3. The van der Waals surface area contributed by atoms with Gasteiger partial charge >= 0.3 is 0 Å². The van der Waals surface area contributed by atoms with Crippen molar-refractivity contribution in [3.05, 3.63) is 10.1 Å². The van der Waals surface area contributed by atoms with Crippen molar-refractivity contribution in [1.29, 1.82) is 0 Å². The molecule has 0 radical (unpaired) electrons. The van der Waals surface area contributed by atoms with Gasteiger partial charge in [0.15, 0.2) is 0 Å². The Bertz CT molecular complexity index is 212. The van der Waals surface area contributed by atoms with Crippen molar-refractivity contribution in [3.8, 4) is 0 Å². The summed E-state index contributed by atoms with van der Waals surface area (Å²) in [6, 6.07) is 0. The number of nitro groups is 1. The van der Waals surface area contributed by atoms with Gasteiger partial charge in [-0.3, -0.25) is 10.1 Å². The van der Waals surface area contributed by atoms with Crippen LogP contribution >= 0.6 is 0 Å². The molecule has 1 saturated carbocycles. The number of aldehydes is 1. The molecule has 1 unspecified atom stereocenters. The monoisotopic (exact) mass is 213 g/mol. The van der Waals surface area contributed by atoms with Gasteiger partial charge in [-0.05, 0) is 12.3 Å². The van der Waals surface area contributed by atoms with Crippen LogP contribution in [0.25, 0.3) is 0 Å². The van der Waals surface area contributed by atoms with Gasteiger partial charge < -0.3 is 4.79 Å². The maximum atomic E-state index is 10.8. The van der Waals surface area contributed by atoms with Gasteiger partial charge in [-0.15, -0.1) is 0 Å². The van der Waals surface area contributed by atoms with Crippen LogP contribution in [0.1, 0.15) is 44.9 Å². The third-order valence-corrected chi connectivity index (χ3v) is 3.24. The molecule has 0 N–H and O–H groups in total. The van der Waals surface area contributed by atoms with E-state index in [1.165, 1.54) is 32.1 Å². The average Bonchev–Trinajstić information content (AvgIpc) is 2.25. The Hall–Kier alpha value is -0.930. The minimum Gasteiger partial charge on any atom is -0.303 e. The third-order valence-electron chi connectivity index (χ3n) is 3.24. The van der Waals surface area contributed by atoms with Crippen LogP contribution in [-0.2, 0) is 4.79 Å². The minimum absolute atomic E-state index is 0.0733. The van der Waals surface area contributed by atoms with Crippen LogP contribution in [0.3, 0.4) is 0 Å². The lowest BCUT2D eigenvalue weighted by Crippen LogP contribution is -2.16. The molecule has 1 atom stereocenters. The highest BCUT2D eigenvalue weighted by atomic mass is 16.6. The summed E-state index contributed by atoms with van der Waals surface area (Å²) in [6.07, 6.45) is 8.38. The Morgan fingerprint density at radius 1 is 1.33 bits per heavy atom. The van der Waals surface area contributed by atoms with Gasteiger partial charge in [0.2, 0.25) is 6.54 Å². The molecule has 1 aliphatic rings. The topological polar surface area (TPSA) is 60.2 Å². The molecule has 0 saturated heterocycles. The molecule has 0 aromatic carbocycles. The minimum atomic E-state index is -0.336. The Morgan fingerprint density at radius 3 is 2.53 bits per heavy atom. The molecule has 0 aromatic heterocycles. The number of hydrogen-bond donors (Lipinski definition) is 0. The predicted octanol–water partition coefficient (Wildman–Crippen LogP) is 2.44. The molecule has 0 heterocycles. The second-order valence-electron chi connectivity index (χ2n) is 4.48. The van der Waals surface area contributed by atoms with Gasteiger partial charge in [0.25, 0.3) is 0 Å². The first-order chi connectivity index (χ1) is 7.22. The molecular weight excluding hydrogens is 194 g/mol. The van der Waals surface area contributed by atoms with Gasteiger partial charge in [0.05, 0.1) is 0 Å². The van der Waals surface area contributed by atoms with E-state index in [1.807, 2.05) is 0 Å². The molecule has 0 spiro atoms. The van der Waals surface area contributed by atoms with Crippen molar-refractivity contribution in [2.75, 3.05) is 6.54 Å². The van der Waals surface area contributed by atoms with Gasteiger partial charge in [0.1, 0.15) is 6.29 Å². The molecule has 0 amide bonds. The van der Waals surface area contributed by atoms with E-state index in [0.29, 0.717) is 12.3 Å². The molecule has 1 rings (SSSR count). The highest BCUT2D eigenvalue weighted by Crippen LogP contribution is 2.29. The molecule has 86 valence electrons. The SMILES string of the molecule is O=CC(CC[N+](=O)[O-])CC1CCCCC1. The molecule has 1 fully saturated rings. The summed E-state index contributed by atoms with van der Waals surface area (Å²) in [5.41, 5.74) is 0. The summed E-state index contributed by atoms with van der Waals surface area (Å²) >= 11 is 0. The summed E-state index contributed by atoms with van der Waals surface area (Å²) < 4.78 is 0. The molecule has 0 bridgehead atoms. The molecule has 4 nitrogen and oxygen atoms in total. The van der Waals surface area contributed by atoms with Crippen LogP contribution in [0.2, 0.25) is 0 Å². The van der Waals surface area contributed by atoms with Gasteiger partial charge in [-0.2, -0.15) is 0 Å². The smallest absolute Gasteiger partial charge is 0.204 e. The zero-order chi connectivity index (χ0) is 11.1. The van der Waals surface area contributed by atoms with Crippen molar-refractivity contribution in [2.45, 2.75) is 44.9 Å². The fourth-order valence-electron chi connectivity index (χ4n) is 2.36. The second kappa shape index (κ2) is 6.53. The lowest BCUT2D eigenvalue weighted by atomic mass is 9.82. The third kappa shape index (κ3) is 4.91. The highest BCUT2D eigenvalue weighted by Gasteiger charge is 2.19. The molecule has 4 heteroatoms. The van der Waals surface area contributed by atoms with Crippen molar-refractivity contribution in [2.24, 2.45) is 11.8 Å².